The van der Waals surface area contributed by atoms with Crippen molar-refractivity contribution in [3.8, 4) is 6.07 Å². The van der Waals surface area contributed by atoms with Crippen molar-refractivity contribution in [1.29, 1.82) is 5.26 Å². The largest absolute Gasteiger partial charge is 0.447 e. The summed E-state index contributed by atoms with van der Waals surface area (Å²) in [4.78, 5) is 25.4. The number of piperidine rings is 1. The highest BCUT2D eigenvalue weighted by molar-refractivity contribution is 5.99. The lowest BCUT2D eigenvalue weighted by atomic mass is 10.0. The minimum Gasteiger partial charge on any atom is -0.447 e. The van der Waals surface area contributed by atoms with Gasteiger partial charge in [-0.05, 0) is 51.8 Å². The topological polar surface area (TPSA) is 82.4 Å². The number of nitrogens with one attached hydrogen (secondary N) is 1. The molecule has 0 aliphatic carbocycles. The first-order chi connectivity index (χ1) is 11.4. The van der Waals surface area contributed by atoms with Gasteiger partial charge in [-0.25, -0.2) is 4.79 Å². The molecule has 1 heterocycles. The molecule has 0 saturated carbocycles. The average molecular weight is 329 g/mol. The number of benzene rings is 1. The number of nitriles is 1. The Kier molecular flexibility index (Phi) is 5.80. The van der Waals surface area contributed by atoms with Crippen LogP contribution in [0.25, 0.3) is 0 Å². The standard InChI is InChI=1S/C18H23N3O3/c1-12(2)24-18(23)21-8-6-15(7-9-21)20-17-10-14(11-19)4-5-16(17)13(3)22/h4-5,10,12,15,20H,6-9H2,1-3H3. The van der Waals surface area contributed by atoms with Gasteiger partial charge in [0.05, 0.1) is 17.7 Å². The number of nitrogens with zero attached hydrogens (tertiary/aromatic N) is 2. The number of ether oxygens (including phenoxy) is 1. The number of ketones is 1. The van der Waals surface area contributed by atoms with Gasteiger partial charge in [-0.15, -0.1) is 0 Å². The number of hydrogen-bond donors (Lipinski definition) is 1. The molecule has 0 unspecified atom stereocenters. The number of amides is 1. The first-order valence-corrected chi connectivity index (χ1v) is 8.18. The van der Waals surface area contributed by atoms with Crippen LogP contribution < -0.4 is 5.32 Å². The molecule has 24 heavy (non-hydrogen) atoms. The molecule has 128 valence electrons. The molecule has 1 aromatic carbocycles. The van der Waals surface area contributed by atoms with Crippen LogP contribution in [-0.4, -0.2) is 42.0 Å². The van der Waals surface area contributed by atoms with Gasteiger partial charge < -0.3 is 15.0 Å². The quantitative estimate of drug-likeness (QED) is 0.858. The number of rotatable bonds is 4. The van der Waals surface area contributed by atoms with Gasteiger partial charge in [-0.3, -0.25) is 4.79 Å². The summed E-state index contributed by atoms with van der Waals surface area (Å²) in [5.41, 5.74) is 1.78. The molecular weight excluding hydrogens is 306 g/mol. The van der Waals surface area contributed by atoms with Crippen LogP contribution in [0.3, 0.4) is 0 Å². The second-order valence-corrected chi connectivity index (χ2v) is 6.27. The fraction of sp³-hybridized carbons (Fsp3) is 0.500. The maximum absolute atomic E-state index is 11.9. The van der Waals surface area contributed by atoms with E-state index >= 15 is 0 Å². The summed E-state index contributed by atoms with van der Waals surface area (Å²) in [5, 5.41) is 12.4. The zero-order valence-corrected chi connectivity index (χ0v) is 14.3. The van der Waals surface area contributed by atoms with Crippen molar-refractivity contribution in [2.45, 2.75) is 45.8 Å². The highest BCUT2D eigenvalue weighted by Crippen LogP contribution is 2.23. The smallest absolute Gasteiger partial charge is 0.410 e. The Labute approximate surface area is 142 Å². The molecule has 0 aromatic heterocycles. The normalized spacial score (nSPS) is 15.0. The lowest BCUT2D eigenvalue weighted by Gasteiger charge is -2.33. The third kappa shape index (κ3) is 4.48. The summed E-state index contributed by atoms with van der Waals surface area (Å²) in [6.45, 7) is 6.39. The van der Waals surface area contributed by atoms with Crippen molar-refractivity contribution < 1.29 is 14.3 Å². The summed E-state index contributed by atoms with van der Waals surface area (Å²) in [5.74, 6) is -0.0417. The average Bonchev–Trinajstić information content (AvgIpc) is 2.54. The monoisotopic (exact) mass is 329 g/mol. The SMILES string of the molecule is CC(=O)c1ccc(C#N)cc1NC1CCN(C(=O)OC(C)C)CC1. The maximum Gasteiger partial charge on any atom is 0.410 e. The van der Waals surface area contributed by atoms with E-state index in [1.54, 1.807) is 23.1 Å². The van der Waals surface area contributed by atoms with E-state index < -0.39 is 0 Å². The van der Waals surface area contributed by atoms with Crippen LogP contribution in [0, 0.1) is 11.3 Å². The van der Waals surface area contributed by atoms with Crippen LogP contribution in [0.15, 0.2) is 18.2 Å². The Morgan fingerprint density at radius 1 is 1.33 bits per heavy atom. The molecule has 1 amide bonds. The molecule has 1 N–H and O–H groups in total. The van der Waals surface area contributed by atoms with E-state index in [4.69, 9.17) is 10.00 Å². The van der Waals surface area contributed by atoms with E-state index in [0.717, 1.165) is 12.8 Å². The van der Waals surface area contributed by atoms with Crippen LogP contribution in [0.4, 0.5) is 10.5 Å². The van der Waals surface area contributed by atoms with E-state index in [9.17, 15) is 9.59 Å². The number of hydrogen-bond acceptors (Lipinski definition) is 5. The highest BCUT2D eigenvalue weighted by atomic mass is 16.6. The van der Waals surface area contributed by atoms with Crippen LogP contribution in [-0.2, 0) is 4.74 Å². The predicted octanol–water partition coefficient (Wildman–Crippen LogP) is 3.18. The van der Waals surface area contributed by atoms with Gasteiger partial charge in [-0.1, -0.05) is 0 Å². The van der Waals surface area contributed by atoms with Gasteiger partial charge in [0.2, 0.25) is 0 Å². The minimum absolute atomic E-state index is 0.0417. The zero-order chi connectivity index (χ0) is 17.7. The molecule has 0 spiro atoms. The first kappa shape index (κ1) is 17.8. The third-order valence-electron chi connectivity index (χ3n) is 3.98. The fourth-order valence-electron chi connectivity index (χ4n) is 2.74. The molecule has 1 aromatic rings. The Bertz CT molecular complexity index is 656. The second-order valence-electron chi connectivity index (χ2n) is 6.27. The minimum atomic E-state index is -0.278. The van der Waals surface area contributed by atoms with Crippen molar-refractivity contribution in [2.24, 2.45) is 0 Å². The van der Waals surface area contributed by atoms with E-state index in [-0.39, 0.29) is 24.0 Å². The molecular formula is C18H23N3O3. The number of likely N-dealkylation sites (tertiary alicyclic amines) is 1. The fourth-order valence-corrected chi connectivity index (χ4v) is 2.74. The van der Waals surface area contributed by atoms with Gasteiger partial charge >= 0.3 is 6.09 Å². The number of anilines is 1. The summed E-state index contributed by atoms with van der Waals surface area (Å²) < 4.78 is 5.21. The van der Waals surface area contributed by atoms with Crippen LogP contribution in [0.5, 0.6) is 0 Å². The van der Waals surface area contributed by atoms with E-state index in [2.05, 4.69) is 11.4 Å². The van der Waals surface area contributed by atoms with Gasteiger partial charge in [0.1, 0.15) is 0 Å². The van der Waals surface area contributed by atoms with Crippen molar-refractivity contribution >= 4 is 17.6 Å². The molecule has 0 bridgehead atoms. The summed E-state index contributed by atoms with van der Waals surface area (Å²) >= 11 is 0. The van der Waals surface area contributed by atoms with Crippen LogP contribution >= 0.6 is 0 Å². The lowest BCUT2D eigenvalue weighted by Crippen LogP contribution is -2.43. The van der Waals surface area contributed by atoms with E-state index in [1.165, 1.54) is 6.92 Å². The molecule has 6 nitrogen and oxygen atoms in total. The molecule has 1 fully saturated rings. The maximum atomic E-state index is 11.9. The molecule has 0 atom stereocenters. The lowest BCUT2D eigenvalue weighted by molar-refractivity contribution is 0.0701. The number of Topliss-reactive ketones (excluding diaryl/α,β-unsaturated/α-hetero) is 1. The van der Waals surface area contributed by atoms with Gasteiger partial charge in [0.15, 0.2) is 5.78 Å². The highest BCUT2D eigenvalue weighted by Gasteiger charge is 2.25. The Morgan fingerprint density at radius 2 is 2.00 bits per heavy atom. The molecule has 0 radical (unpaired) electrons. The molecule has 2 rings (SSSR count). The van der Waals surface area contributed by atoms with E-state index in [0.29, 0.717) is 29.9 Å². The van der Waals surface area contributed by atoms with Crippen molar-refractivity contribution in [3.05, 3.63) is 29.3 Å². The Hall–Kier alpha value is -2.55. The van der Waals surface area contributed by atoms with Crippen LogP contribution in [0.1, 0.15) is 49.5 Å². The summed E-state index contributed by atoms with van der Waals surface area (Å²) in [6, 6.07) is 7.27. The van der Waals surface area contributed by atoms with Crippen molar-refractivity contribution in [1.82, 2.24) is 4.90 Å². The number of carbonyl (C=O) groups is 2. The molecule has 1 saturated heterocycles. The predicted molar refractivity (Wildman–Crippen MR) is 91.0 cm³/mol. The molecule has 6 heteroatoms. The number of carbonyl (C=O) groups excluding carboxylic acids is 2. The second kappa shape index (κ2) is 7.82. The van der Waals surface area contributed by atoms with E-state index in [1.807, 2.05) is 13.8 Å². The van der Waals surface area contributed by atoms with Gasteiger partial charge in [-0.2, -0.15) is 5.26 Å². The Balaban J connectivity index is 2.00. The molecule has 1 aliphatic heterocycles. The summed E-state index contributed by atoms with van der Waals surface area (Å²) in [7, 11) is 0. The Morgan fingerprint density at radius 3 is 2.54 bits per heavy atom. The summed E-state index contributed by atoms with van der Waals surface area (Å²) in [6.07, 6.45) is 1.13. The van der Waals surface area contributed by atoms with Crippen molar-refractivity contribution in [3.63, 3.8) is 0 Å². The molecule has 1 aliphatic rings. The third-order valence-corrected chi connectivity index (χ3v) is 3.98. The van der Waals surface area contributed by atoms with Gasteiger partial charge in [0, 0.05) is 30.4 Å². The van der Waals surface area contributed by atoms with Crippen molar-refractivity contribution in [2.75, 3.05) is 18.4 Å². The zero-order valence-electron chi connectivity index (χ0n) is 14.3. The van der Waals surface area contributed by atoms with Gasteiger partial charge in [0.25, 0.3) is 0 Å². The first-order valence-electron chi connectivity index (χ1n) is 8.18. The van der Waals surface area contributed by atoms with Crippen LogP contribution in [0.2, 0.25) is 0 Å².